The molecule has 0 heterocycles. The van der Waals surface area contributed by atoms with E-state index in [1.165, 1.54) is 0 Å². The average molecular weight is 320 g/mol. The molecule has 0 bridgehead atoms. The standard InChI is InChI=1S/C16H15BrO2/c17-15-9-5-4-8-13(15)10-11-14(16(18)19)12-6-2-1-3-7-12/h1-9,14H,10-11H2,(H,18,19)/i16+1. The van der Waals surface area contributed by atoms with Crippen molar-refractivity contribution in [3.8, 4) is 0 Å². The maximum absolute atomic E-state index is 11.4. The molecule has 0 aliphatic carbocycles. The maximum Gasteiger partial charge on any atom is 0.310 e. The van der Waals surface area contributed by atoms with Crippen LogP contribution in [0, 0.1) is 0 Å². The Bertz CT molecular complexity index is 552. The van der Waals surface area contributed by atoms with Crippen molar-refractivity contribution in [2.75, 3.05) is 0 Å². The summed E-state index contributed by atoms with van der Waals surface area (Å²) in [6.45, 7) is 0. The molecule has 2 rings (SSSR count). The van der Waals surface area contributed by atoms with Crippen LogP contribution in [-0.2, 0) is 11.2 Å². The second kappa shape index (κ2) is 6.53. The Morgan fingerprint density at radius 1 is 1.05 bits per heavy atom. The molecule has 98 valence electrons. The summed E-state index contributed by atoms with van der Waals surface area (Å²) in [6.07, 6.45) is 1.34. The molecule has 0 amide bonds. The lowest BCUT2D eigenvalue weighted by atomic mass is 9.97. The van der Waals surface area contributed by atoms with E-state index in [0.29, 0.717) is 6.42 Å². The number of benzene rings is 2. The highest BCUT2D eigenvalue weighted by Gasteiger charge is 2.19. The SMILES string of the molecule is O=[13C](O)C(CCc1ccccc1Br)c1ccccc1. The summed E-state index contributed by atoms with van der Waals surface area (Å²) >= 11 is 3.49. The Morgan fingerprint density at radius 3 is 2.32 bits per heavy atom. The molecule has 0 radical (unpaired) electrons. The molecule has 19 heavy (non-hydrogen) atoms. The van der Waals surface area contributed by atoms with Gasteiger partial charge in [-0.1, -0.05) is 64.5 Å². The van der Waals surface area contributed by atoms with Gasteiger partial charge in [-0.3, -0.25) is 4.79 Å². The fourth-order valence-corrected chi connectivity index (χ4v) is 2.60. The van der Waals surface area contributed by atoms with E-state index in [-0.39, 0.29) is 0 Å². The smallest absolute Gasteiger partial charge is 0.310 e. The van der Waals surface area contributed by atoms with Crippen molar-refractivity contribution in [1.29, 1.82) is 0 Å². The van der Waals surface area contributed by atoms with Crippen LogP contribution in [0.5, 0.6) is 0 Å². The van der Waals surface area contributed by atoms with Crippen LogP contribution >= 0.6 is 15.9 Å². The maximum atomic E-state index is 11.4. The zero-order valence-corrected chi connectivity index (χ0v) is 12.0. The Hall–Kier alpha value is -1.61. The molecule has 0 saturated carbocycles. The number of halogens is 1. The minimum atomic E-state index is -0.766. The van der Waals surface area contributed by atoms with E-state index in [0.717, 1.165) is 22.0 Å². The number of aryl methyl sites for hydroxylation is 1. The van der Waals surface area contributed by atoms with Gasteiger partial charge in [-0.05, 0) is 30.0 Å². The summed E-state index contributed by atoms with van der Waals surface area (Å²) in [6, 6.07) is 17.3. The zero-order chi connectivity index (χ0) is 13.7. The lowest BCUT2D eigenvalue weighted by Gasteiger charge is -2.13. The third-order valence-corrected chi connectivity index (χ3v) is 3.93. The van der Waals surface area contributed by atoms with Crippen LogP contribution in [0.4, 0.5) is 0 Å². The fourth-order valence-electron chi connectivity index (χ4n) is 2.12. The molecule has 0 fully saturated rings. The quantitative estimate of drug-likeness (QED) is 0.836. The molecule has 1 N–H and O–H groups in total. The lowest BCUT2D eigenvalue weighted by molar-refractivity contribution is -0.138. The van der Waals surface area contributed by atoms with Crippen molar-refractivity contribution < 1.29 is 9.90 Å². The molecule has 1 unspecified atom stereocenters. The van der Waals surface area contributed by atoms with Crippen molar-refractivity contribution in [3.05, 3.63) is 70.2 Å². The lowest BCUT2D eigenvalue weighted by Crippen LogP contribution is -2.12. The van der Waals surface area contributed by atoms with Crippen LogP contribution in [-0.4, -0.2) is 11.1 Å². The van der Waals surface area contributed by atoms with Gasteiger partial charge in [-0.25, -0.2) is 0 Å². The van der Waals surface area contributed by atoms with Crippen LogP contribution in [0.25, 0.3) is 0 Å². The minimum absolute atomic E-state index is 0.451. The van der Waals surface area contributed by atoms with Gasteiger partial charge in [0.25, 0.3) is 0 Å². The van der Waals surface area contributed by atoms with Crippen molar-refractivity contribution in [1.82, 2.24) is 0 Å². The first-order chi connectivity index (χ1) is 9.18. The molecular weight excluding hydrogens is 305 g/mol. The molecule has 0 saturated heterocycles. The summed E-state index contributed by atoms with van der Waals surface area (Å²) in [4.78, 5) is 11.4. The van der Waals surface area contributed by atoms with Gasteiger partial charge in [0.15, 0.2) is 0 Å². The van der Waals surface area contributed by atoms with E-state index in [1.54, 1.807) is 0 Å². The summed E-state index contributed by atoms with van der Waals surface area (Å²) in [5, 5.41) is 9.36. The van der Waals surface area contributed by atoms with E-state index in [4.69, 9.17) is 0 Å². The number of rotatable bonds is 5. The Balaban J connectivity index is 2.11. The highest BCUT2D eigenvalue weighted by Crippen LogP contribution is 2.24. The van der Waals surface area contributed by atoms with Gasteiger partial charge in [0.2, 0.25) is 0 Å². The van der Waals surface area contributed by atoms with Crippen LogP contribution < -0.4 is 0 Å². The topological polar surface area (TPSA) is 37.3 Å². The van der Waals surface area contributed by atoms with Gasteiger partial charge in [0.1, 0.15) is 0 Å². The number of carboxylic acids is 1. The Morgan fingerprint density at radius 2 is 1.68 bits per heavy atom. The molecule has 0 aliphatic heterocycles. The van der Waals surface area contributed by atoms with Gasteiger partial charge in [0, 0.05) is 4.47 Å². The first-order valence-corrected chi connectivity index (χ1v) is 6.99. The molecule has 0 aromatic heterocycles. The van der Waals surface area contributed by atoms with Crippen LogP contribution in [0.2, 0.25) is 0 Å². The van der Waals surface area contributed by atoms with Gasteiger partial charge in [0.05, 0.1) is 5.92 Å². The fraction of sp³-hybridized carbons (Fsp3) is 0.188. The van der Waals surface area contributed by atoms with Crippen molar-refractivity contribution in [3.63, 3.8) is 0 Å². The van der Waals surface area contributed by atoms with Crippen LogP contribution in [0.1, 0.15) is 23.5 Å². The first kappa shape index (κ1) is 13.8. The summed E-state index contributed by atoms with van der Waals surface area (Å²) in [7, 11) is 0. The molecule has 0 aliphatic rings. The van der Waals surface area contributed by atoms with Crippen molar-refractivity contribution in [2.45, 2.75) is 18.8 Å². The highest BCUT2D eigenvalue weighted by molar-refractivity contribution is 9.10. The largest absolute Gasteiger partial charge is 0.481 e. The number of hydrogen-bond donors (Lipinski definition) is 1. The second-order valence-electron chi connectivity index (χ2n) is 4.43. The summed E-state index contributed by atoms with van der Waals surface area (Å²) < 4.78 is 1.03. The number of carbonyl (C=O) groups is 1. The Kier molecular flexibility index (Phi) is 4.74. The van der Waals surface area contributed by atoms with Gasteiger partial charge >= 0.3 is 5.97 Å². The molecular formula is C16H15BrO2. The van der Waals surface area contributed by atoms with Crippen molar-refractivity contribution >= 4 is 21.9 Å². The number of aliphatic carboxylic acids is 1. The van der Waals surface area contributed by atoms with Gasteiger partial charge < -0.3 is 5.11 Å². The average Bonchev–Trinajstić information content (AvgIpc) is 2.42. The minimum Gasteiger partial charge on any atom is -0.481 e. The van der Waals surface area contributed by atoms with Crippen LogP contribution in [0.15, 0.2) is 59.1 Å². The first-order valence-electron chi connectivity index (χ1n) is 6.19. The third-order valence-electron chi connectivity index (χ3n) is 3.16. The zero-order valence-electron chi connectivity index (χ0n) is 10.4. The monoisotopic (exact) mass is 319 g/mol. The normalized spacial score (nSPS) is 12.1. The van der Waals surface area contributed by atoms with Gasteiger partial charge in [-0.15, -0.1) is 0 Å². The predicted molar refractivity (Wildman–Crippen MR) is 79.3 cm³/mol. The molecule has 2 aromatic carbocycles. The van der Waals surface area contributed by atoms with E-state index < -0.39 is 11.9 Å². The highest BCUT2D eigenvalue weighted by atomic mass is 79.9. The van der Waals surface area contributed by atoms with Crippen molar-refractivity contribution in [2.24, 2.45) is 0 Å². The van der Waals surface area contributed by atoms with E-state index >= 15 is 0 Å². The molecule has 3 heteroatoms. The van der Waals surface area contributed by atoms with E-state index in [9.17, 15) is 9.90 Å². The molecule has 1 atom stereocenters. The Labute approximate surface area is 121 Å². The predicted octanol–water partition coefficient (Wildman–Crippen LogP) is 4.25. The summed E-state index contributed by atoms with van der Waals surface area (Å²) in [5.41, 5.74) is 2.01. The molecule has 0 spiro atoms. The number of carboxylic acid groups (broad SMARTS) is 1. The number of hydrogen-bond acceptors (Lipinski definition) is 1. The second-order valence-corrected chi connectivity index (χ2v) is 5.29. The van der Waals surface area contributed by atoms with E-state index in [1.807, 2.05) is 54.6 Å². The molecule has 2 aromatic rings. The molecule has 2 nitrogen and oxygen atoms in total. The van der Waals surface area contributed by atoms with Crippen LogP contribution in [0.3, 0.4) is 0 Å². The van der Waals surface area contributed by atoms with Gasteiger partial charge in [-0.2, -0.15) is 0 Å². The third kappa shape index (κ3) is 3.67. The summed E-state index contributed by atoms with van der Waals surface area (Å²) in [5.74, 6) is -1.22. The van der Waals surface area contributed by atoms with E-state index in [2.05, 4.69) is 15.9 Å².